The van der Waals surface area contributed by atoms with Gasteiger partial charge >= 0.3 is 0 Å². The summed E-state index contributed by atoms with van der Waals surface area (Å²) in [7, 11) is 0. The maximum Gasteiger partial charge on any atom is 0.221 e. The summed E-state index contributed by atoms with van der Waals surface area (Å²) in [6.45, 7) is 1.25. The van der Waals surface area contributed by atoms with Crippen LogP contribution >= 0.6 is 23.2 Å². The molecule has 2 aromatic rings. The molecule has 0 bridgehead atoms. The average molecular weight is 385 g/mol. The molecule has 1 atom stereocenters. The first kappa shape index (κ1) is 19.3. The van der Waals surface area contributed by atoms with E-state index in [1.54, 1.807) is 36.4 Å². The van der Waals surface area contributed by atoms with E-state index in [1.807, 2.05) is 0 Å². The minimum atomic E-state index is -0.879. The van der Waals surface area contributed by atoms with E-state index < -0.39 is 6.10 Å². The SMILES string of the molecule is CC(=O)Nc1ccc(Oc2c(Cl)cc(NCC(O)CO)cc2Cl)cc1. The van der Waals surface area contributed by atoms with Crippen LogP contribution in [0.1, 0.15) is 6.92 Å². The first-order valence-electron chi connectivity index (χ1n) is 7.46. The Kier molecular flexibility index (Phi) is 6.90. The fourth-order valence-corrected chi connectivity index (χ4v) is 2.55. The van der Waals surface area contributed by atoms with Crippen molar-refractivity contribution in [3.8, 4) is 11.5 Å². The van der Waals surface area contributed by atoms with Crippen LogP contribution in [0.3, 0.4) is 0 Å². The van der Waals surface area contributed by atoms with Gasteiger partial charge in [0.15, 0.2) is 5.75 Å². The van der Waals surface area contributed by atoms with E-state index in [4.69, 9.17) is 33.0 Å². The van der Waals surface area contributed by atoms with Crippen molar-refractivity contribution < 1.29 is 19.7 Å². The fourth-order valence-electron chi connectivity index (χ4n) is 1.99. The third-order valence-corrected chi connectivity index (χ3v) is 3.71. The highest BCUT2D eigenvalue weighted by Gasteiger charge is 2.12. The predicted octanol–water partition coefficient (Wildman–Crippen LogP) is 3.51. The highest BCUT2D eigenvalue weighted by molar-refractivity contribution is 6.37. The Hall–Kier alpha value is -1.99. The van der Waals surface area contributed by atoms with E-state index in [1.165, 1.54) is 6.92 Å². The molecule has 2 aromatic carbocycles. The molecule has 0 fully saturated rings. The molecule has 1 amide bonds. The number of anilines is 2. The number of aliphatic hydroxyl groups excluding tert-OH is 2. The second kappa shape index (κ2) is 8.92. The molecule has 0 aliphatic heterocycles. The van der Waals surface area contributed by atoms with E-state index in [-0.39, 0.29) is 19.1 Å². The fraction of sp³-hybridized carbons (Fsp3) is 0.235. The summed E-state index contributed by atoms with van der Waals surface area (Å²) >= 11 is 12.4. The second-order valence-electron chi connectivity index (χ2n) is 5.29. The molecule has 0 spiro atoms. The number of ether oxygens (including phenoxy) is 1. The molecule has 25 heavy (non-hydrogen) atoms. The zero-order chi connectivity index (χ0) is 18.4. The summed E-state index contributed by atoms with van der Waals surface area (Å²) < 4.78 is 5.71. The number of amides is 1. The number of carbonyl (C=O) groups excluding carboxylic acids is 1. The van der Waals surface area contributed by atoms with Gasteiger partial charge in [-0.2, -0.15) is 0 Å². The molecule has 134 valence electrons. The van der Waals surface area contributed by atoms with Crippen LogP contribution in [0.5, 0.6) is 11.5 Å². The summed E-state index contributed by atoms with van der Waals surface area (Å²) in [4.78, 5) is 11.0. The average Bonchev–Trinajstić information content (AvgIpc) is 2.57. The monoisotopic (exact) mass is 384 g/mol. The molecule has 0 aromatic heterocycles. The van der Waals surface area contributed by atoms with Gasteiger partial charge in [0.1, 0.15) is 5.75 Å². The zero-order valence-corrected chi connectivity index (χ0v) is 14.9. The lowest BCUT2D eigenvalue weighted by Gasteiger charge is -2.14. The summed E-state index contributed by atoms with van der Waals surface area (Å²) in [6.07, 6.45) is -0.879. The molecule has 4 N–H and O–H groups in total. The first-order valence-corrected chi connectivity index (χ1v) is 8.22. The number of carbonyl (C=O) groups is 1. The molecular weight excluding hydrogens is 367 g/mol. The number of hydrogen-bond donors (Lipinski definition) is 4. The second-order valence-corrected chi connectivity index (χ2v) is 6.11. The predicted molar refractivity (Wildman–Crippen MR) is 98.9 cm³/mol. The van der Waals surface area contributed by atoms with Crippen molar-refractivity contribution in [2.75, 3.05) is 23.8 Å². The molecule has 0 radical (unpaired) electrons. The molecule has 0 aliphatic carbocycles. The quantitative estimate of drug-likeness (QED) is 0.586. The van der Waals surface area contributed by atoms with Crippen LogP contribution in [0.25, 0.3) is 0 Å². The van der Waals surface area contributed by atoms with E-state index >= 15 is 0 Å². The van der Waals surface area contributed by atoms with E-state index in [2.05, 4.69) is 10.6 Å². The summed E-state index contributed by atoms with van der Waals surface area (Å²) in [5.41, 5.74) is 1.25. The van der Waals surface area contributed by atoms with Gasteiger partial charge in [-0.05, 0) is 36.4 Å². The van der Waals surface area contributed by atoms with Crippen LogP contribution in [0.4, 0.5) is 11.4 Å². The van der Waals surface area contributed by atoms with Crippen molar-refractivity contribution in [1.29, 1.82) is 0 Å². The van der Waals surface area contributed by atoms with Crippen molar-refractivity contribution in [2.24, 2.45) is 0 Å². The van der Waals surface area contributed by atoms with E-state index in [0.717, 1.165) is 0 Å². The van der Waals surface area contributed by atoms with Crippen molar-refractivity contribution in [3.05, 3.63) is 46.4 Å². The maximum absolute atomic E-state index is 11.0. The highest BCUT2D eigenvalue weighted by Crippen LogP contribution is 2.39. The van der Waals surface area contributed by atoms with E-state index in [0.29, 0.717) is 32.9 Å². The molecule has 6 nitrogen and oxygen atoms in total. The Morgan fingerprint density at radius 2 is 1.76 bits per heavy atom. The first-order chi connectivity index (χ1) is 11.9. The standard InChI is InChI=1S/C17H18Cl2N2O4/c1-10(23)21-11-2-4-14(5-3-11)25-17-15(18)6-12(7-16(17)19)20-8-13(24)9-22/h2-7,13,20,22,24H,8-9H2,1H3,(H,21,23). The Labute approximate surface area is 155 Å². The van der Waals surface area contributed by atoms with E-state index in [9.17, 15) is 9.90 Å². The normalized spacial score (nSPS) is 11.7. The van der Waals surface area contributed by atoms with Gasteiger partial charge in [-0.15, -0.1) is 0 Å². The van der Waals surface area contributed by atoms with Crippen LogP contribution in [0, 0.1) is 0 Å². The topological polar surface area (TPSA) is 90.8 Å². The molecule has 1 unspecified atom stereocenters. The van der Waals surface area contributed by atoms with Gasteiger partial charge in [0.05, 0.1) is 22.8 Å². The number of benzene rings is 2. The number of rotatable bonds is 7. The van der Waals surface area contributed by atoms with Crippen LogP contribution in [0.15, 0.2) is 36.4 Å². The van der Waals surface area contributed by atoms with Gasteiger partial charge < -0.3 is 25.6 Å². The van der Waals surface area contributed by atoms with Gasteiger partial charge in [0.2, 0.25) is 5.91 Å². The largest absolute Gasteiger partial charge is 0.454 e. The number of halogens is 2. The van der Waals surface area contributed by atoms with Crippen LogP contribution in [-0.4, -0.2) is 35.4 Å². The van der Waals surface area contributed by atoms with Gasteiger partial charge in [0, 0.05) is 24.8 Å². The third-order valence-electron chi connectivity index (χ3n) is 3.15. The maximum atomic E-state index is 11.0. The van der Waals surface area contributed by atoms with Gasteiger partial charge in [-0.3, -0.25) is 4.79 Å². The Balaban J connectivity index is 2.10. The molecule has 0 heterocycles. The lowest BCUT2D eigenvalue weighted by molar-refractivity contribution is -0.114. The molecular formula is C17H18Cl2N2O4. The lowest BCUT2D eigenvalue weighted by Crippen LogP contribution is -2.22. The van der Waals surface area contributed by atoms with Crippen LogP contribution in [0.2, 0.25) is 10.0 Å². The van der Waals surface area contributed by atoms with Crippen LogP contribution in [-0.2, 0) is 4.79 Å². The van der Waals surface area contributed by atoms with Gasteiger partial charge in [0.25, 0.3) is 0 Å². The summed E-state index contributed by atoms with van der Waals surface area (Å²) in [5, 5.41) is 24.3. The smallest absolute Gasteiger partial charge is 0.221 e. The molecule has 0 saturated carbocycles. The minimum Gasteiger partial charge on any atom is -0.454 e. The highest BCUT2D eigenvalue weighted by atomic mass is 35.5. The van der Waals surface area contributed by atoms with Crippen LogP contribution < -0.4 is 15.4 Å². The Morgan fingerprint density at radius 1 is 1.16 bits per heavy atom. The molecule has 0 saturated heterocycles. The Bertz CT molecular complexity index is 715. The van der Waals surface area contributed by atoms with Crippen molar-refractivity contribution in [1.82, 2.24) is 0 Å². The van der Waals surface area contributed by atoms with Crippen molar-refractivity contribution in [3.63, 3.8) is 0 Å². The van der Waals surface area contributed by atoms with Crippen molar-refractivity contribution >= 4 is 40.5 Å². The minimum absolute atomic E-state index is 0.158. The zero-order valence-electron chi connectivity index (χ0n) is 13.4. The van der Waals surface area contributed by atoms with Crippen molar-refractivity contribution in [2.45, 2.75) is 13.0 Å². The van der Waals surface area contributed by atoms with Gasteiger partial charge in [-0.1, -0.05) is 23.2 Å². The van der Waals surface area contributed by atoms with Gasteiger partial charge in [-0.25, -0.2) is 0 Å². The third kappa shape index (κ3) is 5.79. The molecule has 8 heteroatoms. The lowest BCUT2D eigenvalue weighted by atomic mass is 10.2. The Morgan fingerprint density at radius 3 is 2.28 bits per heavy atom. The summed E-state index contributed by atoms with van der Waals surface area (Å²) in [5.74, 6) is 0.646. The summed E-state index contributed by atoms with van der Waals surface area (Å²) in [6, 6.07) is 9.98. The molecule has 0 aliphatic rings. The molecule has 2 rings (SSSR count). The number of hydrogen-bond acceptors (Lipinski definition) is 5. The number of aliphatic hydroxyl groups is 2. The number of nitrogens with one attached hydrogen (secondary N) is 2.